The molecule has 0 saturated heterocycles. The average Bonchev–Trinajstić information content (AvgIpc) is 3.25. The van der Waals surface area contributed by atoms with Gasteiger partial charge >= 0.3 is 5.97 Å². The fourth-order valence-corrected chi connectivity index (χ4v) is 2.11. The first-order valence-corrected chi connectivity index (χ1v) is 6.46. The second kappa shape index (κ2) is 4.63. The SMILES string of the molecule is COC(=O)c1ccc2c(c1)nc(NC(=O)C1CC1)n2C. The summed E-state index contributed by atoms with van der Waals surface area (Å²) in [6, 6.07) is 5.14. The summed E-state index contributed by atoms with van der Waals surface area (Å²) in [4.78, 5) is 27.6. The summed E-state index contributed by atoms with van der Waals surface area (Å²) in [6.07, 6.45) is 1.89. The Morgan fingerprint density at radius 2 is 2.15 bits per heavy atom. The lowest BCUT2D eigenvalue weighted by Crippen LogP contribution is -2.16. The van der Waals surface area contributed by atoms with Crippen LogP contribution in [0.4, 0.5) is 5.95 Å². The number of fused-ring (bicyclic) bond motifs is 1. The summed E-state index contributed by atoms with van der Waals surface area (Å²) < 4.78 is 6.49. The van der Waals surface area contributed by atoms with Gasteiger partial charge in [-0.25, -0.2) is 9.78 Å². The van der Waals surface area contributed by atoms with E-state index >= 15 is 0 Å². The number of nitrogens with one attached hydrogen (secondary N) is 1. The summed E-state index contributed by atoms with van der Waals surface area (Å²) in [7, 11) is 3.17. The number of esters is 1. The Bertz CT molecular complexity index is 701. The van der Waals surface area contributed by atoms with Gasteiger partial charge < -0.3 is 9.30 Å². The van der Waals surface area contributed by atoms with Gasteiger partial charge in [0.2, 0.25) is 11.9 Å². The number of nitrogens with zero attached hydrogens (tertiary/aromatic N) is 2. The van der Waals surface area contributed by atoms with Crippen LogP contribution in [-0.4, -0.2) is 28.5 Å². The zero-order valence-electron chi connectivity index (χ0n) is 11.3. The number of hydrogen-bond acceptors (Lipinski definition) is 4. The lowest BCUT2D eigenvalue weighted by molar-refractivity contribution is -0.117. The maximum Gasteiger partial charge on any atom is 0.337 e. The van der Waals surface area contributed by atoms with E-state index in [-0.39, 0.29) is 11.8 Å². The molecule has 1 aromatic heterocycles. The van der Waals surface area contributed by atoms with E-state index in [1.54, 1.807) is 22.8 Å². The highest BCUT2D eigenvalue weighted by Crippen LogP contribution is 2.30. The number of amides is 1. The molecule has 20 heavy (non-hydrogen) atoms. The number of anilines is 1. The predicted molar refractivity (Wildman–Crippen MR) is 73.4 cm³/mol. The number of benzene rings is 1. The van der Waals surface area contributed by atoms with Gasteiger partial charge in [-0.05, 0) is 31.0 Å². The van der Waals surface area contributed by atoms with Gasteiger partial charge in [0.05, 0.1) is 23.7 Å². The Labute approximate surface area is 115 Å². The van der Waals surface area contributed by atoms with Gasteiger partial charge in [0.15, 0.2) is 0 Å². The zero-order valence-corrected chi connectivity index (χ0v) is 11.3. The monoisotopic (exact) mass is 273 g/mol. The number of methoxy groups -OCH3 is 1. The molecule has 1 saturated carbocycles. The molecule has 2 aromatic rings. The fraction of sp³-hybridized carbons (Fsp3) is 0.357. The number of carbonyl (C=O) groups excluding carboxylic acids is 2. The molecule has 6 heteroatoms. The lowest BCUT2D eigenvalue weighted by Gasteiger charge is -2.03. The fourth-order valence-electron chi connectivity index (χ4n) is 2.11. The molecular formula is C14H15N3O3. The minimum Gasteiger partial charge on any atom is -0.465 e. The maximum atomic E-state index is 11.8. The molecule has 0 radical (unpaired) electrons. The summed E-state index contributed by atoms with van der Waals surface area (Å²) in [5, 5.41) is 2.82. The molecule has 0 unspecified atom stereocenters. The van der Waals surface area contributed by atoms with Crippen molar-refractivity contribution in [3.05, 3.63) is 23.8 Å². The smallest absolute Gasteiger partial charge is 0.337 e. The highest BCUT2D eigenvalue weighted by Gasteiger charge is 2.30. The molecule has 1 aliphatic rings. The van der Waals surface area contributed by atoms with E-state index in [1.807, 2.05) is 7.05 Å². The Hall–Kier alpha value is -2.37. The van der Waals surface area contributed by atoms with Crippen molar-refractivity contribution in [2.45, 2.75) is 12.8 Å². The molecule has 1 fully saturated rings. The number of imidazole rings is 1. The molecule has 3 rings (SSSR count). The van der Waals surface area contributed by atoms with E-state index < -0.39 is 5.97 Å². The predicted octanol–water partition coefficient (Wildman–Crippen LogP) is 1.71. The van der Waals surface area contributed by atoms with Crippen molar-refractivity contribution in [1.29, 1.82) is 0 Å². The molecule has 1 heterocycles. The quantitative estimate of drug-likeness (QED) is 0.864. The third kappa shape index (κ3) is 2.13. The van der Waals surface area contributed by atoms with Crippen molar-refractivity contribution in [3.63, 3.8) is 0 Å². The van der Waals surface area contributed by atoms with Gasteiger partial charge in [0, 0.05) is 13.0 Å². The Morgan fingerprint density at radius 1 is 1.40 bits per heavy atom. The van der Waals surface area contributed by atoms with Crippen LogP contribution in [0.1, 0.15) is 23.2 Å². The van der Waals surface area contributed by atoms with Gasteiger partial charge in [-0.15, -0.1) is 0 Å². The molecule has 1 N–H and O–H groups in total. The van der Waals surface area contributed by atoms with E-state index in [1.165, 1.54) is 7.11 Å². The van der Waals surface area contributed by atoms with Gasteiger partial charge in [-0.1, -0.05) is 0 Å². The van der Waals surface area contributed by atoms with Gasteiger partial charge in [0.25, 0.3) is 0 Å². The molecule has 0 bridgehead atoms. The third-order valence-corrected chi connectivity index (χ3v) is 3.49. The summed E-state index contributed by atoms with van der Waals surface area (Å²) in [6.45, 7) is 0. The van der Waals surface area contributed by atoms with Crippen LogP contribution < -0.4 is 5.32 Å². The zero-order chi connectivity index (χ0) is 14.3. The van der Waals surface area contributed by atoms with E-state index in [9.17, 15) is 9.59 Å². The van der Waals surface area contributed by atoms with Crippen LogP contribution in [0.15, 0.2) is 18.2 Å². The summed E-state index contributed by atoms with van der Waals surface area (Å²) in [5.74, 6) is 0.233. The van der Waals surface area contributed by atoms with Gasteiger partial charge in [0.1, 0.15) is 0 Å². The van der Waals surface area contributed by atoms with E-state index in [0.717, 1.165) is 18.4 Å². The number of aromatic nitrogens is 2. The van der Waals surface area contributed by atoms with Gasteiger partial charge in [-0.2, -0.15) is 0 Å². The summed E-state index contributed by atoms with van der Waals surface area (Å²) >= 11 is 0. The number of ether oxygens (including phenoxy) is 1. The summed E-state index contributed by atoms with van der Waals surface area (Å²) in [5.41, 5.74) is 1.95. The van der Waals surface area contributed by atoms with Crippen molar-refractivity contribution < 1.29 is 14.3 Å². The molecule has 0 atom stereocenters. The van der Waals surface area contributed by atoms with E-state index in [4.69, 9.17) is 0 Å². The number of rotatable bonds is 3. The van der Waals surface area contributed by atoms with Gasteiger partial charge in [-0.3, -0.25) is 10.1 Å². The van der Waals surface area contributed by atoms with E-state index in [2.05, 4.69) is 15.0 Å². The normalized spacial score (nSPS) is 14.3. The largest absolute Gasteiger partial charge is 0.465 e. The van der Waals surface area contributed by atoms with Crippen LogP contribution in [-0.2, 0) is 16.6 Å². The lowest BCUT2D eigenvalue weighted by atomic mass is 10.2. The molecule has 1 amide bonds. The van der Waals surface area contributed by atoms with Crippen LogP contribution in [0.3, 0.4) is 0 Å². The van der Waals surface area contributed by atoms with Crippen molar-refractivity contribution in [2.24, 2.45) is 13.0 Å². The van der Waals surface area contributed by atoms with E-state index in [0.29, 0.717) is 17.0 Å². The minimum absolute atomic E-state index is 0.0107. The molecule has 0 aliphatic heterocycles. The molecule has 1 aromatic carbocycles. The van der Waals surface area contributed by atoms with Crippen LogP contribution in [0, 0.1) is 5.92 Å². The standard InChI is InChI=1S/C14H15N3O3/c1-17-11-6-5-9(13(19)20-2)7-10(11)15-14(17)16-12(18)8-3-4-8/h5-8H,3-4H2,1-2H3,(H,15,16,18). The first kappa shape index (κ1) is 12.7. The highest BCUT2D eigenvalue weighted by molar-refractivity contribution is 5.96. The highest BCUT2D eigenvalue weighted by atomic mass is 16.5. The van der Waals surface area contributed by atoms with Crippen molar-refractivity contribution in [1.82, 2.24) is 9.55 Å². The molecule has 1 aliphatic carbocycles. The number of aryl methyl sites for hydroxylation is 1. The Kier molecular flexibility index (Phi) is 2.93. The molecule has 0 spiro atoms. The number of hydrogen-bond donors (Lipinski definition) is 1. The van der Waals surface area contributed by atoms with Crippen LogP contribution in [0.5, 0.6) is 0 Å². The van der Waals surface area contributed by atoms with Crippen molar-refractivity contribution in [2.75, 3.05) is 12.4 Å². The topological polar surface area (TPSA) is 73.2 Å². The Balaban J connectivity index is 1.95. The van der Waals surface area contributed by atoms with Crippen molar-refractivity contribution in [3.8, 4) is 0 Å². The first-order valence-electron chi connectivity index (χ1n) is 6.46. The number of carbonyl (C=O) groups is 2. The third-order valence-electron chi connectivity index (χ3n) is 3.49. The first-order chi connectivity index (χ1) is 9.60. The second-order valence-corrected chi connectivity index (χ2v) is 4.95. The minimum atomic E-state index is -0.402. The maximum absolute atomic E-state index is 11.8. The van der Waals surface area contributed by atoms with Crippen LogP contribution in [0.25, 0.3) is 11.0 Å². The Morgan fingerprint density at radius 3 is 2.80 bits per heavy atom. The molecule has 104 valence electrons. The molecular weight excluding hydrogens is 258 g/mol. The van der Waals surface area contributed by atoms with Crippen molar-refractivity contribution >= 4 is 28.9 Å². The average molecular weight is 273 g/mol. The van der Waals surface area contributed by atoms with Crippen LogP contribution in [0.2, 0.25) is 0 Å². The molecule has 6 nitrogen and oxygen atoms in total. The second-order valence-electron chi connectivity index (χ2n) is 4.95. The van der Waals surface area contributed by atoms with Crippen LogP contribution >= 0.6 is 0 Å².